The highest BCUT2D eigenvalue weighted by molar-refractivity contribution is 6.38. The molecule has 2 amide bonds. The molecule has 17 heteroatoms. The first kappa shape index (κ1) is 26.6. The lowest BCUT2D eigenvalue weighted by Gasteiger charge is -2.16. The second kappa shape index (κ2) is 9.55. The van der Waals surface area contributed by atoms with E-state index in [1.807, 2.05) is 5.32 Å². The van der Waals surface area contributed by atoms with Crippen LogP contribution in [0, 0.1) is 21.4 Å². The van der Waals surface area contributed by atoms with Crippen molar-refractivity contribution in [3.8, 4) is 11.8 Å². The third kappa shape index (κ3) is 5.61. The van der Waals surface area contributed by atoms with Crippen LogP contribution in [0.4, 0.5) is 48.3 Å². The number of benzene rings is 2. The van der Waals surface area contributed by atoms with Gasteiger partial charge in [0.25, 0.3) is 5.69 Å². The van der Waals surface area contributed by atoms with Crippen molar-refractivity contribution in [2.75, 3.05) is 10.6 Å². The van der Waals surface area contributed by atoms with Gasteiger partial charge < -0.3 is 5.32 Å². The highest BCUT2D eigenvalue weighted by Crippen LogP contribution is 2.39. The number of anilines is 2. The predicted molar refractivity (Wildman–Crippen MR) is 114 cm³/mol. The van der Waals surface area contributed by atoms with Crippen LogP contribution in [-0.2, 0) is 12.4 Å². The maximum atomic E-state index is 13.4. The van der Waals surface area contributed by atoms with Gasteiger partial charge in [-0.3, -0.25) is 15.4 Å². The molecule has 0 aliphatic carbocycles. The average Bonchev–Trinajstić information content (AvgIpc) is 3.14. The number of alkyl halides is 6. The molecule has 0 spiro atoms. The van der Waals surface area contributed by atoms with Gasteiger partial charge in [0.15, 0.2) is 5.69 Å². The van der Waals surface area contributed by atoms with Crippen LogP contribution in [0.15, 0.2) is 36.4 Å². The topological polar surface area (TPSA) is 126 Å². The zero-order chi connectivity index (χ0) is 27.0. The molecule has 0 saturated heterocycles. The smallest absolute Gasteiger partial charge is 0.307 e. The van der Waals surface area contributed by atoms with E-state index >= 15 is 0 Å². The van der Waals surface area contributed by atoms with Gasteiger partial charge >= 0.3 is 18.4 Å². The molecule has 1 heterocycles. The number of amides is 2. The number of halogens is 8. The molecule has 3 aromatic rings. The zero-order valence-corrected chi connectivity index (χ0v) is 18.5. The van der Waals surface area contributed by atoms with Gasteiger partial charge in [-0.25, -0.2) is 9.48 Å². The number of nitrogens with zero attached hydrogens (tertiary/aromatic N) is 4. The lowest BCUT2D eigenvalue weighted by molar-refractivity contribution is -0.385. The molecule has 1 aromatic heterocycles. The maximum Gasteiger partial charge on any atom is 0.418 e. The standard InChI is InChI=1S/C19H8Cl2F6N6O3/c20-12-3-8(18(22,23)24)4-13(21)16(12)32-15(5-9(7-28)31-32)30-17(34)29-14-2-1-10(33(35)36)6-11(14)19(25,26)27/h1-6H,(H2,29,30,34). The first-order valence-electron chi connectivity index (χ1n) is 9.12. The van der Waals surface area contributed by atoms with Crippen LogP contribution in [0.2, 0.25) is 10.0 Å². The van der Waals surface area contributed by atoms with E-state index in [0.717, 1.165) is 12.1 Å². The first-order chi connectivity index (χ1) is 16.6. The number of nitro benzene ring substituents is 1. The molecule has 188 valence electrons. The molecule has 0 atom stereocenters. The normalized spacial score (nSPS) is 11.6. The van der Waals surface area contributed by atoms with E-state index < -0.39 is 61.7 Å². The van der Waals surface area contributed by atoms with Crippen molar-refractivity contribution in [3.63, 3.8) is 0 Å². The minimum absolute atomic E-state index is 0.218. The van der Waals surface area contributed by atoms with Crippen molar-refractivity contribution in [3.05, 3.63) is 73.4 Å². The van der Waals surface area contributed by atoms with E-state index in [0.29, 0.717) is 22.9 Å². The first-order valence-corrected chi connectivity index (χ1v) is 9.88. The van der Waals surface area contributed by atoms with E-state index in [-0.39, 0.29) is 17.4 Å². The molecule has 9 nitrogen and oxygen atoms in total. The van der Waals surface area contributed by atoms with Crippen molar-refractivity contribution in [1.29, 1.82) is 5.26 Å². The SMILES string of the molecule is N#Cc1cc(NC(=O)Nc2ccc([N+](=O)[O-])cc2C(F)(F)F)n(-c2c(Cl)cc(C(F)(F)F)cc2Cl)n1. The third-order valence-corrected chi connectivity index (χ3v) is 4.97. The summed E-state index contributed by atoms with van der Waals surface area (Å²) < 4.78 is 79.8. The molecule has 0 unspecified atom stereocenters. The number of rotatable bonds is 4. The molecule has 3 rings (SSSR count). The average molecular weight is 553 g/mol. The van der Waals surface area contributed by atoms with Gasteiger partial charge in [0.2, 0.25) is 0 Å². The Morgan fingerprint density at radius 1 is 1.03 bits per heavy atom. The fraction of sp³-hybridized carbons (Fsp3) is 0.105. The lowest BCUT2D eigenvalue weighted by atomic mass is 10.1. The maximum absolute atomic E-state index is 13.4. The summed E-state index contributed by atoms with van der Waals surface area (Å²) in [6.45, 7) is 0. The highest BCUT2D eigenvalue weighted by Gasteiger charge is 2.36. The summed E-state index contributed by atoms with van der Waals surface area (Å²) in [5, 5.41) is 26.5. The minimum atomic E-state index is -5.08. The number of urea groups is 1. The van der Waals surface area contributed by atoms with Crippen LogP contribution in [0.3, 0.4) is 0 Å². The number of non-ortho nitro benzene ring substituents is 1. The van der Waals surface area contributed by atoms with E-state index in [1.165, 1.54) is 0 Å². The molecular formula is C19H8Cl2F6N6O3. The van der Waals surface area contributed by atoms with E-state index in [9.17, 15) is 41.3 Å². The van der Waals surface area contributed by atoms with Crippen molar-refractivity contribution >= 4 is 46.4 Å². The number of nitriles is 1. The molecule has 2 aromatic carbocycles. The number of hydrogen-bond acceptors (Lipinski definition) is 5. The highest BCUT2D eigenvalue weighted by atomic mass is 35.5. The van der Waals surface area contributed by atoms with Gasteiger partial charge in [0.1, 0.15) is 17.6 Å². The van der Waals surface area contributed by atoms with E-state index in [4.69, 9.17) is 28.5 Å². The molecule has 0 radical (unpaired) electrons. The predicted octanol–water partition coefficient (Wildman–Crippen LogP) is 6.64. The van der Waals surface area contributed by atoms with Gasteiger partial charge in [-0.15, -0.1) is 0 Å². The van der Waals surface area contributed by atoms with Crippen LogP contribution in [0.1, 0.15) is 16.8 Å². The van der Waals surface area contributed by atoms with E-state index in [2.05, 4.69) is 10.4 Å². The minimum Gasteiger partial charge on any atom is -0.307 e. The number of hydrogen-bond donors (Lipinski definition) is 2. The summed E-state index contributed by atoms with van der Waals surface area (Å²) in [7, 11) is 0. The summed E-state index contributed by atoms with van der Waals surface area (Å²) in [5.41, 5.74) is -5.16. The fourth-order valence-electron chi connectivity index (χ4n) is 2.89. The van der Waals surface area contributed by atoms with Gasteiger partial charge in [0.05, 0.1) is 31.8 Å². The summed E-state index contributed by atoms with van der Waals surface area (Å²) in [6.07, 6.45) is -9.87. The van der Waals surface area contributed by atoms with Crippen molar-refractivity contribution in [1.82, 2.24) is 9.78 Å². The monoisotopic (exact) mass is 552 g/mol. The Bertz CT molecular complexity index is 1390. The number of aromatic nitrogens is 2. The van der Waals surface area contributed by atoms with Crippen LogP contribution < -0.4 is 10.6 Å². The van der Waals surface area contributed by atoms with Gasteiger partial charge in [-0.2, -0.15) is 36.7 Å². The summed E-state index contributed by atoms with van der Waals surface area (Å²) >= 11 is 11.9. The van der Waals surface area contributed by atoms with Gasteiger partial charge in [-0.05, 0) is 18.2 Å². The van der Waals surface area contributed by atoms with Crippen LogP contribution in [-0.4, -0.2) is 20.7 Å². The number of carbonyl (C=O) groups excluding carboxylic acids is 1. The quantitative estimate of drug-likeness (QED) is 0.213. The number of nitro groups is 1. The largest absolute Gasteiger partial charge is 0.418 e. The Labute approximate surface area is 206 Å². The van der Waals surface area contributed by atoms with Crippen LogP contribution >= 0.6 is 23.2 Å². The lowest BCUT2D eigenvalue weighted by Crippen LogP contribution is -2.23. The zero-order valence-electron chi connectivity index (χ0n) is 17.0. The Balaban J connectivity index is 1.99. The summed E-state index contributed by atoms with van der Waals surface area (Å²) in [6, 6.07) is 3.89. The van der Waals surface area contributed by atoms with Crippen molar-refractivity contribution in [2.24, 2.45) is 0 Å². The summed E-state index contributed by atoms with van der Waals surface area (Å²) in [4.78, 5) is 22.2. The van der Waals surface area contributed by atoms with Crippen LogP contribution in [0.5, 0.6) is 0 Å². The fourth-order valence-corrected chi connectivity index (χ4v) is 3.53. The van der Waals surface area contributed by atoms with Crippen molar-refractivity contribution in [2.45, 2.75) is 12.4 Å². The second-order valence-electron chi connectivity index (χ2n) is 6.79. The molecule has 0 aliphatic heterocycles. The van der Waals surface area contributed by atoms with Crippen LogP contribution in [0.25, 0.3) is 5.69 Å². The third-order valence-electron chi connectivity index (χ3n) is 4.39. The molecule has 0 bridgehead atoms. The van der Waals surface area contributed by atoms with Gasteiger partial charge in [-0.1, -0.05) is 23.2 Å². The summed E-state index contributed by atoms with van der Waals surface area (Å²) in [5.74, 6) is -0.400. The van der Waals surface area contributed by atoms with Crippen molar-refractivity contribution < 1.29 is 36.1 Å². The molecule has 0 saturated carbocycles. The molecule has 36 heavy (non-hydrogen) atoms. The van der Waals surface area contributed by atoms with Gasteiger partial charge in [0, 0.05) is 18.2 Å². The molecule has 0 fully saturated rings. The number of carbonyl (C=O) groups is 1. The molecular weight excluding hydrogens is 545 g/mol. The molecule has 0 aliphatic rings. The Hall–Kier alpha value is -4.03. The Morgan fingerprint density at radius 2 is 1.64 bits per heavy atom. The molecule has 2 N–H and O–H groups in total. The Kier molecular flexibility index (Phi) is 7.05. The Morgan fingerprint density at radius 3 is 2.14 bits per heavy atom. The second-order valence-corrected chi connectivity index (χ2v) is 7.60. The number of nitrogens with one attached hydrogen (secondary N) is 2. The van der Waals surface area contributed by atoms with E-state index in [1.54, 1.807) is 6.07 Å².